The fourth-order valence-electron chi connectivity index (χ4n) is 1.79. The first-order chi connectivity index (χ1) is 10.4. The molecule has 2 aromatic rings. The zero-order valence-corrected chi connectivity index (χ0v) is 14.4. The molecule has 0 saturated carbocycles. The van der Waals surface area contributed by atoms with E-state index in [0.717, 1.165) is 5.39 Å². The van der Waals surface area contributed by atoms with E-state index in [-0.39, 0.29) is 19.0 Å². The van der Waals surface area contributed by atoms with Crippen LogP contribution in [0, 0.1) is 0 Å². The lowest BCUT2D eigenvalue weighted by molar-refractivity contribution is 0.0520. The van der Waals surface area contributed by atoms with Crippen LogP contribution in [0.1, 0.15) is 20.8 Å². The van der Waals surface area contributed by atoms with Gasteiger partial charge in [0.15, 0.2) is 5.75 Å². The van der Waals surface area contributed by atoms with Gasteiger partial charge >= 0.3 is 6.09 Å². The highest BCUT2D eigenvalue weighted by Gasteiger charge is 2.16. The van der Waals surface area contributed by atoms with Gasteiger partial charge in [0.1, 0.15) is 12.2 Å². The Balaban J connectivity index is 0.00000264. The Morgan fingerprint density at radius 3 is 2.74 bits per heavy atom. The highest BCUT2D eigenvalue weighted by atomic mass is 35.5. The van der Waals surface area contributed by atoms with Crippen LogP contribution < -0.4 is 14.8 Å². The van der Waals surface area contributed by atoms with E-state index in [1.54, 1.807) is 33.9 Å². The van der Waals surface area contributed by atoms with Crippen molar-refractivity contribution >= 4 is 29.5 Å². The number of aromatic nitrogens is 1. The number of alkyl carbamates (subject to hydrolysis) is 1. The highest BCUT2D eigenvalue weighted by Crippen LogP contribution is 2.31. The molecule has 0 bridgehead atoms. The van der Waals surface area contributed by atoms with E-state index < -0.39 is 11.7 Å². The molecule has 23 heavy (non-hydrogen) atoms. The van der Waals surface area contributed by atoms with Gasteiger partial charge < -0.3 is 24.1 Å². The lowest BCUT2D eigenvalue weighted by Crippen LogP contribution is -2.34. The number of benzene rings is 1. The quantitative estimate of drug-likeness (QED) is 0.839. The summed E-state index contributed by atoms with van der Waals surface area (Å²) in [4.78, 5) is 11.5. The Labute approximate surface area is 140 Å². The van der Waals surface area contributed by atoms with Gasteiger partial charge in [-0.3, -0.25) is 0 Å². The van der Waals surface area contributed by atoms with Gasteiger partial charge in [0.25, 0.3) is 5.88 Å². The van der Waals surface area contributed by atoms with Crippen LogP contribution in [0.25, 0.3) is 11.0 Å². The number of ether oxygens (including phenoxy) is 3. The molecule has 0 saturated heterocycles. The molecule has 1 N–H and O–H groups in total. The monoisotopic (exact) mass is 344 g/mol. The number of methoxy groups -OCH3 is 1. The SMILES string of the molecule is COc1cccc2c(OCCNC(=O)OC(C)(C)C)noc12.Cl. The Morgan fingerprint density at radius 1 is 1.35 bits per heavy atom. The van der Waals surface area contributed by atoms with Gasteiger partial charge in [-0.15, -0.1) is 12.4 Å². The smallest absolute Gasteiger partial charge is 0.407 e. The van der Waals surface area contributed by atoms with Crippen LogP contribution >= 0.6 is 12.4 Å². The maximum atomic E-state index is 11.5. The van der Waals surface area contributed by atoms with Crippen LogP contribution in [0.4, 0.5) is 4.79 Å². The third kappa shape index (κ3) is 5.21. The first-order valence-electron chi connectivity index (χ1n) is 6.93. The van der Waals surface area contributed by atoms with Crippen LogP contribution in [0.15, 0.2) is 22.7 Å². The van der Waals surface area contributed by atoms with Gasteiger partial charge in [0.05, 0.1) is 19.0 Å². The van der Waals surface area contributed by atoms with Gasteiger partial charge in [0, 0.05) is 0 Å². The summed E-state index contributed by atoms with van der Waals surface area (Å²) in [5.74, 6) is 0.951. The molecule has 0 atom stereocenters. The number of nitrogens with one attached hydrogen (secondary N) is 1. The van der Waals surface area contributed by atoms with E-state index in [2.05, 4.69) is 10.5 Å². The van der Waals surface area contributed by atoms with Crippen LogP contribution in [0.5, 0.6) is 11.6 Å². The van der Waals surface area contributed by atoms with Crippen molar-refractivity contribution in [2.45, 2.75) is 26.4 Å². The van der Waals surface area contributed by atoms with Crippen molar-refractivity contribution in [3.63, 3.8) is 0 Å². The Morgan fingerprint density at radius 2 is 2.09 bits per heavy atom. The van der Waals surface area contributed by atoms with Gasteiger partial charge in [-0.05, 0) is 38.1 Å². The molecule has 2 rings (SSSR count). The molecule has 128 valence electrons. The molecule has 7 nitrogen and oxygen atoms in total. The van der Waals surface area contributed by atoms with E-state index in [9.17, 15) is 4.79 Å². The number of rotatable bonds is 5. The largest absolute Gasteiger partial charge is 0.493 e. The van der Waals surface area contributed by atoms with Crippen molar-refractivity contribution in [1.29, 1.82) is 0 Å². The van der Waals surface area contributed by atoms with Crippen molar-refractivity contribution in [2.24, 2.45) is 0 Å². The van der Waals surface area contributed by atoms with Gasteiger partial charge in [-0.25, -0.2) is 4.79 Å². The van der Waals surface area contributed by atoms with Crippen LogP contribution in [-0.2, 0) is 4.74 Å². The number of fused-ring (bicyclic) bond motifs is 1. The number of hydrogen-bond acceptors (Lipinski definition) is 6. The summed E-state index contributed by atoms with van der Waals surface area (Å²) >= 11 is 0. The molecule has 0 aliphatic carbocycles. The minimum atomic E-state index is -0.524. The highest BCUT2D eigenvalue weighted by molar-refractivity contribution is 5.87. The molecule has 8 heteroatoms. The molecule has 1 aromatic carbocycles. The minimum absolute atomic E-state index is 0. The zero-order chi connectivity index (χ0) is 16.2. The maximum absolute atomic E-state index is 11.5. The Hall–Kier alpha value is -2.15. The second-order valence-corrected chi connectivity index (χ2v) is 5.60. The number of halogens is 1. The zero-order valence-electron chi connectivity index (χ0n) is 13.5. The van der Waals surface area contributed by atoms with Gasteiger partial charge in [-0.2, -0.15) is 0 Å². The predicted octanol–water partition coefficient (Wildman–Crippen LogP) is 3.16. The van der Waals surface area contributed by atoms with E-state index >= 15 is 0 Å². The normalized spacial score (nSPS) is 10.8. The second kappa shape index (κ2) is 7.92. The Kier molecular flexibility index (Phi) is 6.50. The fourth-order valence-corrected chi connectivity index (χ4v) is 1.79. The van der Waals surface area contributed by atoms with E-state index in [1.165, 1.54) is 0 Å². The summed E-state index contributed by atoms with van der Waals surface area (Å²) < 4.78 is 21.0. The second-order valence-electron chi connectivity index (χ2n) is 5.60. The van der Waals surface area contributed by atoms with Crippen LogP contribution in [0.2, 0.25) is 0 Å². The number of carbonyl (C=O) groups excluding carboxylic acids is 1. The molecule has 0 fully saturated rings. The standard InChI is InChI=1S/C15H20N2O5.ClH/c1-15(2,3)21-14(18)16-8-9-20-13-10-6-5-7-11(19-4)12(10)22-17-13;/h5-7H,8-9H2,1-4H3,(H,16,18);1H. The molecular weight excluding hydrogens is 324 g/mol. The van der Waals surface area contributed by atoms with Crippen LogP contribution in [-0.4, -0.2) is 37.1 Å². The summed E-state index contributed by atoms with van der Waals surface area (Å²) in [6, 6.07) is 5.43. The first-order valence-corrected chi connectivity index (χ1v) is 6.93. The average molecular weight is 345 g/mol. The molecule has 0 spiro atoms. The molecule has 0 radical (unpaired) electrons. The third-order valence-electron chi connectivity index (χ3n) is 2.66. The first kappa shape index (κ1) is 18.9. The third-order valence-corrected chi connectivity index (χ3v) is 2.66. The summed E-state index contributed by atoms with van der Waals surface area (Å²) in [5.41, 5.74) is 0.00387. The number of amides is 1. The molecule has 0 unspecified atom stereocenters. The maximum Gasteiger partial charge on any atom is 0.407 e. The number of nitrogens with zero attached hydrogens (tertiary/aromatic N) is 1. The summed E-state index contributed by atoms with van der Waals surface area (Å²) in [6.07, 6.45) is -0.484. The lowest BCUT2D eigenvalue weighted by atomic mass is 10.2. The van der Waals surface area contributed by atoms with Gasteiger partial charge in [0.2, 0.25) is 5.58 Å². The van der Waals surface area contributed by atoms with Crippen molar-refractivity contribution in [1.82, 2.24) is 10.5 Å². The Bertz CT molecular complexity index is 651. The van der Waals surface area contributed by atoms with Crippen molar-refractivity contribution in [2.75, 3.05) is 20.3 Å². The van der Waals surface area contributed by atoms with E-state index in [4.69, 9.17) is 18.7 Å². The molecule has 1 aromatic heterocycles. The molecule has 1 heterocycles. The van der Waals surface area contributed by atoms with Crippen molar-refractivity contribution in [3.8, 4) is 11.6 Å². The predicted molar refractivity (Wildman–Crippen MR) is 87.5 cm³/mol. The van der Waals surface area contributed by atoms with Crippen LogP contribution in [0.3, 0.4) is 0 Å². The summed E-state index contributed by atoms with van der Waals surface area (Å²) in [7, 11) is 1.56. The fraction of sp³-hybridized carbons (Fsp3) is 0.467. The summed E-state index contributed by atoms with van der Waals surface area (Å²) in [6.45, 7) is 5.96. The molecule has 0 aliphatic heterocycles. The molecule has 0 aliphatic rings. The number of hydrogen-bond donors (Lipinski definition) is 1. The number of carbonyl (C=O) groups is 1. The molecular formula is C15H21ClN2O5. The van der Waals surface area contributed by atoms with Crippen molar-refractivity contribution < 1.29 is 23.5 Å². The summed E-state index contributed by atoms with van der Waals surface area (Å²) in [5, 5.41) is 7.18. The van der Waals surface area contributed by atoms with E-state index in [1.807, 2.05) is 12.1 Å². The molecule has 1 amide bonds. The minimum Gasteiger partial charge on any atom is -0.493 e. The topological polar surface area (TPSA) is 82.8 Å². The van der Waals surface area contributed by atoms with Gasteiger partial charge in [-0.1, -0.05) is 6.07 Å². The number of para-hydroxylation sites is 1. The lowest BCUT2D eigenvalue weighted by Gasteiger charge is -2.19. The van der Waals surface area contributed by atoms with E-state index in [0.29, 0.717) is 23.8 Å². The average Bonchev–Trinajstić information content (AvgIpc) is 2.85. The van der Waals surface area contributed by atoms with Crippen molar-refractivity contribution in [3.05, 3.63) is 18.2 Å².